The third-order valence-electron chi connectivity index (χ3n) is 4.32. The number of nitrogens with one attached hydrogen (secondary N) is 3. The highest BCUT2D eigenvalue weighted by molar-refractivity contribution is 7.80. The average molecular weight is 408 g/mol. The average Bonchev–Trinajstić information content (AvgIpc) is 2.65. The van der Waals surface area contributed by atoms with Gasteiger partial charge in [0.1, 0.15) is 5.75 Å². The van der Waals surface area contributed by atoms with Crippen molar-refractivity contribution in [2.75, 3.05) is 54.1 Å². The van der Waals surface area contributed by atoms with Crippen LogP contribution in [0, 0.1) is 0 Å². The SMILES string of the molecule is CCOc1ccc2[nH]c(=O)c(CN(CC[NH+](C)C)C(=S)NCCOC)cc2c1. The van der Waals surface area contributed by atoms with E-state index in [1.165, 1.54) is 4.90 Å². The van der Waals surface area contributed by atoms with Gasteiger partial charge in [-0.2, -0.15) is 0 Å². The molecule has 154 valence electrons. The van der Waals surface area contributed by atoms with E-state index in [0.29, 0.717) is 37.0 Å². The summed E-state index contributed by atoms with van der Waals surface area (Å²) in [7, 11) is 5.85. The van der Waals surface area contributed by atoms with Crippen LogP contribution in [0.15, 0.2) is 29.1 Å². The number of H-pyrrole nitrogens is 1. The van der Waals surface area contributed by atoms with E-state index in [-0.39, 0.29) is 5.56 Å². The summed E-state index contributed by atoms with van der Waals surface area (Å²) in [5.74, 6) is 0.790. The van der Waals surface area contributed by atoms with Gasteiger partial charge in [-0.05, 0) is 43.4 Å². The van der Waals surface area contributed by atoms with Crippen molar-refractivity contribution < 1.29 is 14.4 Å². The van der Waals surface area contributed by atoms with E-state index in [1.807, 2.05) is 36.1 Å². The first-order valence-corrected chi connectivity index (χ1v) is 9.95. The Labute approximate surface area is 171 Å². The predicted octanol–water partition coefficient (Wildman–Crippen LogP) is 0.394. The minimum absolute atomic E-state index is 0.0986. The molecule has 3 N–H and O–H groups in total. The van der Waals surface area contributed by atoms with Crippen LogP contribution in [0.2, 0.25) is 0 Å². The van der Waals surface area contributed by atoms with Gasteiger partial charge in [-0.25, -0.2) is 0 Å². The van der Waals surface area contributed by atoms with Crippen LogP contribution in [-0.4, -0.2) is 69.0 Å². The van der Waals surface area contributed by atoms with Crippen molar-refractivity contribution in [1.82, 2.24) is 15.2 Å². The lowest BCUT2D eigenvalue weighted by atomic mass is 10.1. The number of fused-ring (bicyclic) bond motifs is 1. The molecule has 0 aliphatic carbocycles. The Balaban J connectivity index is 2.24. The van der Waals surface area contributed by atoms with Crippen molar-refractivity contribution in [3.05, 3.63) is 40.2 Å². The monoisotopic (exact) mass is 407 g/mol. The molecular weight excluding hydrogens is 376 g/mol. The van der Waals surface area contributed by atoms with Gasteiger partial charge in [0.2, 0.25) is 0 Å². The van der Waals surface area contributed by atoms with Crippen LogP contribution >= 0.6 is 12.2 Å². The molecular formula is C20H31N4O3S+. The van der Waals surface area contributed by atoms with Crippen LogP contribution in [0.3, 0.4) is 0 Å². The largest absolute Gasteiger partial charge is 0.494 e. The summed E-state index contributed by atoms with van der Waals surface area (Å²) >= 11 is 5.55. The lowest BCUT2D eigenvalue weighted by Gasteiger charge is -2.26. The van der Waals surface area contributed by atoms with E-state index in [1.54, 1.807) is 7.11 Å². The molecule has 0 aliphatic rings. The quantitative estimate of drug-likeness (QED) is 0.391. The van der Waals surface area contributed by atoms with Crippen molar-refractivity contribution in [2.45, 2.75) is 13.5 Å². The zero-order valence-corrected chi connectivity index (χ0v) is 17.9. The van der Waals surface area contributed by atoms with Gasteiger partial charge in [0, 0.05) is 30.1 Å². The van der Waals surface area contributed by atoms with Crippen LogP contribution in [0.4, 0.5) is 0 Å². The number of nitrogens with zero attached hydrogens (tertiary/aromatic N) is 1. The number of quaternary nitrogens is 1. The molecule has 0 unspecified atom stereocenters. The van der Waals surface area contributed by atoms with Crippen LogP contribution in [-0.2, 0) is 11.3 Å². The molecule has 0 atom stereocenters. The highest BCUT2D eigenvalue weighted by Crippen LogP contribution is 2.19. The minimum Gasteiger partial charge on any atom is -0.494 e. The summed E-state index contributed by atoms with van der Waals surface area (Å²) in [6, 6.07) is 7.60. The molecule has 0 aliphatic heterocycles. The fraction of sp³-hybridized carbons (Fsp3) is 0.500. The molecule has 0 spiro atoms. The number of hydrogen-bond donors (Lipinski definition) is 3. The van der Waals surface area contributed by atoms with Gasteiger partial charge in [0.25, 0.3) is 5.56 Å². The van der Waals surface area contributed by atoms with Crippen molar-refractivity contribution in [2.24, 2.45) is 0 Å². The minimum atomic E-state index is -0.0986. The first-order chi connectivity index (χ1) is 13.4. The number of thiocarbonyl (C=S) groups is 1. The fourth-order valence-electron chi connectivity index (χ4n) is 2.79. The molecule has 0 fully saturated rings. The van der Waals surface area contributed by atoms with Gasteiger partial charge < -0.3 is 29.6 Å². The number of aromatic nitrogens is 1. The second kappa shape index (κ2) is 11.0. The van der Waals surface area contributed by atoms with Crippen LogP contribution in [0.25, 0.3) is 10.9 Å². The zero-order valence-electron chi connectivity index (χ0n) is 17.1. The number of rotatable bonds is 10. The Morgan fingerprint density at radius 1 is 1.32 bits per heavy atom. The van der Waals surface area contributed by atoms with E-state index in [9.17, 15) is 4.79 Å². The first-order valence-electron chi connectivity index (χ1n) is 9.54. The highest BCUT2D eigenvalue weighted by Gasteiger charge is 2.14. The molecule has 2 rings (SSSR count). The number of ether oxygens (including phenoxy) is 2. The Hall–Kier alpha value is -2.16. The Morgan fingerprint density at radius 3 is 2.79 bits per heavy atom. The Kier molecular flexibility index (Phi) is 8.69. The molecule has 28 heavy (non-hydrogen) atoms. The van der Waals surface area contributed by atoms with Crippen molar-refractivity contribution >= 4 is 28.2 Å². The fourth-order valence-corrected chi connectivity index (χ4v) is 3.05. The van der Waals surface area contributed by atoms with E-state index >= 15 is 0 Å². The van der Waals surface area contributed by atoms with Gasteiger partial charge in [-0.3, -0.25) is 4.79 Å². The second-order valence-electron chi connectivity index (χ2n) is 6.91. The van der Waals surface area contributed by atoms with Crippen LogP contribution in [0.5, 0.6) is 5.75 Å². The van der Waals surface area contributed by atoms with E-state index in [4.69, 9.17) is 21.7 Å². The molecule has 0 amide bonds. The normalized spacial score (nSPS) is 11.0. The molecule has 8 heteroatoms. The molecule has 0 saturated carbocycles. The third-order valence-corrected chi connectivity index (χ3v) is 4.72. The third kappa shape index (κ3) is 6.47. The second-order valence-corrected chi connectivity index (χ2v) is 7.30. The molecule has 0 bridgehead atoms. The van der Waals surface area contributed by atoms with Gasteiger partial charge in [0.15, 0.2) is 5.11 Å². The van der Waals surface area contributed by atoms with Crippen molar-refractivity contribution in [1.29, 1.82) is 0 Å². The number of benzene rings is 1. The molecule has 7 nitrogen and oxygen atoms in total. The molecule has 0 radical (unpaired) electrons. The summed E-state index contributed by atoms with van der Waals surface area (Å²) in [5.41, 5.74) is 1.37. The van der Waals surface area contributed by atoms with Gasteiger partial charge in [-0.15, -0.1) is 0 Å². The van der Waals surface area contributed by atoms with Gasteiger partial charge in [-0.1, -0.05) is 0 Å². The van der Waals surface area contributed by atoms with E-state index in [2.05, 4.69) is 24.4 Å². The lowest BCUT2D eigenvalue weighted by molar-refractivity contribution is -0.857. The van der Waals surface area contributed by atoms with Crippen LogP contribution in [0.1, 0.15) is 12.5 Å². The maximum atomic E-state index is 12.6. The molecule has 0 saturated heterocycles. The Morgan fingerprint density at radius 2 is 2.11 bits per heavy atom. The molecule has 2 aromatic rings. The van der Waals surface area contributed by atoms with E-state index in [0.717, 1.165) is 29.7 Å². The van der Waals surface area contributed by atoms with Gasteiger partial charge >= 0.3 is 0 Å². The van der Waals surface area contributed by atoms with Crippen molar-refractivity contribution in [3.8, 4) is 5.75 Å². The lowest BCUT2D eigenvalue weighted by Crippen LogP contribution is -3.06. The summed E-state index contributed by atoms with van der Waals surface area (Å²) in [6.07, 6.45) is 0. The number of methoxy groups -OCH3 is 1. The predicted molar refractivity (Wildman–Crippen MR) is 116 cm³/mol. The summed E-state index contributed by atoms with van der Waals surface area (Å²) in [5, 5.41) is 4.77. The number of aromatic amines is 1. The maximum Gasteiger partial charge on any atom is 0.253 e. The molecule has 1 aromatic heterocycles. The Bertz CT molecular complexity index is 838. The van der Waals surface area contributed by atoms with Crippen molar-refractivity contribution in [3.63, 3.8) is 0 Å². The standard InChI is InChI=1S/C20H30N4O3S/c1-5-27-17-6-7-18-15(13-17)12-16(19(25)22-18)14-24(10-9-23(2)3)20(28)21-8-11-26-4/h6-7,12-13H,5,8-11,14H2,1-4H3,(H,21,28)(H,22,25)/p+1. The molecule has 1 heterocycles. The van der Waals surface area contributed by atoms with E-state index < -0.39 is 0 Å². The molecule has 1 aromatic carbocycles. The van der Waals surface area contributed by atoms with Gasteiger partial charge in [0.05, 0.1) is 46.9 Å². The maximum absolute atomic E-state index is 12.6. The summed E-state index contributed by atoms with van der Waals surface area (Å²) < 4.78 is 10.7. The first kappa shape index (κ1) is 22.1. The topological polar surface area (TPSA) is 71.0 Å². The number of hydrogen-bond acceptors (Lipinski definition) is 4. The number of pyridine rings is 1. The van der Waals surface area contributed by atoms with Crippen LogP contribution < -0.4 is 20.5 Å². The number of likely N-dealkylation sites (N-methyl/N-ethyl adjacent to an activating group) is 1. The highest BCUT2D eigenvalue weighted by atomic mass is 32.1. The summed E-state index contributed by atoms with van der Waals surface area (Å²) in [4.78, 5) is 18.9. The zero-order chi connectivity index (χ0) is 20.5. The summed E-state index contributed by atoms with van der Waals surface area (Å²) in [6.45, 7) is 5.85. The smallest absolute Gasteiger partial charge is 0.253 e.